The zero-order valence-electron chi connectivity index (χ0n) is 14.1. The van der Waals surface area contributed by atoms with E-state index >= 15 is 0 Å². The molecule has 0 atom stereocenters. The summed E-state index contributed by atoms with van der Waals surface area (Å²) >= 11 is 1.50. The predicted octanol–water partition coefficient (Wildman–Crippen LogP) is 3.89. The molecule has 0 bridgehead atoms. The van der Waals surface area contributed by atoms with E-state index in [4.69, 9.17) is 9.72 Å². The first kappa shape index (κ1) is 18.1. The van der Waals surface area contributed by atoms with E-state index in [1.54, 1.807) is 7.11 Å². The average molecular weight is 312 g/mol. The summed E-state index contributed by atoms with van der Waals surface area (Å²) in [5.74, 6) is 0. The lowest BCUT2D eigenvalue weighted by atomic mass is 9.91. The van der Waals surface area contributed by atoms with Crippen LogP contribution in [-0.2, 0) is 10.2 Å². The van der Waals surface area contributed by atoms with Crippen LogP contribution < -0.4 is 4.90 Å². The first-order valence-electron chi connectivity index (χ1n) is 7.61. The number of methoxy groups -OCH3 is 1. The molecule has 0 saturated heterocycles. The third-order valence-electron chi connectivity index (χ3n) is 3.62. The number of carbonyl (C=O) groups is 1. The molecule has 0 aliphatic heterocycles. The highest BCUT2D eigenvalue weighted by Gasteiger charge is 2.26. The van der Waals surface area contributed by atoms with Crippen molar-refractivity contribution in [1.82, 2.24) is 4.98 Å². The molecule has 0 saturated carbocycles. The van der Waals surface area contributed by atoms with Crippen molar-refractivity contribution in [2.24, 2.45) is 0 Å². The maximum Gasteiger partial charge on any atom is 0.186 e. The van der Waals surface area contributed by atoms with Gasteiger partial charge in [0.1, 0.15) is 0 Å². The molecule has 0 amide bonds. The molecule has 0 N–H and O–H groups in total. The van der Waals surface area contributed by atoms with Gasteiger partial charge in [-0.15, -0.1) is 0 Å². The van der Waals surface area contributed by atoms with Crippen LogP contribution in [0.3, 0.4) is 0 Å². The van der Waals surface area contributed by atoms with E-state index < -0.39 is 0 Å². The minimum atomic E-state index is -0.119. The molecule has 1 aromatic heterocycles. The van der Waals surface area contributed by atoms with E-state index in [0.29, 0.717) is 12.6 Å². The second-order valence-corrected chi connectivity index (χ2v) is 7.24. The van der Waals surface area contributed by atoms with Crippen LogP contribution in [0.1, 0.15) is 62.8 Å². The molecule has 1 rings (SSSR count). The first-order chi connectivity index (χ1) is 9.88. The Bertz CT molecular complexity index is 448. The lowest BCUT2D eigenvalue weighted by Crippen LogP contribution is -2.37. The number of ether oxygens (including phenoxy) is 1. The van der Waals surface area contributed by atoms with Gasteiger partial charge < -0.3 is 9.64 Å². The molecule has 0 aliphatic carbocycles. The standard InChI is InChI=1S/C16H28N2O2S/c1-7-12(8-2)18(9-10-20-6)15-17-14(16(3,4)5)13(11-19)21-15/h11-12H,7-10H2,1-6H3. The Kier molecular flexibility index (Phi) is 6.81. The van der Waals surface area contributed by atoms with Gasteiger partial charge in [-0.3, -0.25) is 4.79 Å². The second kappa shape index (κ2) is 7.90. The number of aromatic nitrogens is 1. The normalized spacial score (nSPS) is 12.0. The summed E-state index contributed by atoms with van der Waals surface area (Å²) in [6.45, 7) is 12.1. The Morgan fingerprint density at radius 2 is 1.95 bits per heavy atom. The molecule has 0 radical (unpaired) electrons. The Hall–Kier alpha value is -0.940. The number of rotatable bonds is 8. The topological polar surface area (TPSA) is 42.4 Å². The summed E-state index contributed by atoms with van der Waals surface area (Å²) in [5.41, 5.74) is 0.775. The molecule has 0 spiro atoms. The van der Waals surface area contributed by atoms with Crippen LogP contribution in [-0.4, -0.2) is 37.6 Å². The van der Waals surface area contributed by atoms with Gasteiger partial charge in [-0.2, -0.15) is 0 Å². The minimum absolute atomic E-state index is 0.119. The third kappa shape index (κ3) is 4.51. The molecule has 0 aromatic carbocycles. The third-order valence-corrected chi connectivity index (χ3v) is 4.64. The van der Waals surface area contributed by atoms with E-state index in [-0.39, 0.29) is 5.41 Å². The number of thiazole rings is 1. The van der Waals surface area contributed by atoms with Gasteiger partial charge in [-0.25, -0.2) is 4.98 Å². The smallest absolute Gasteiger partial charge is 0.186 e. The van der Waals surface area contributed by atoms with Crippen molar-refractivity contribution in [2.75, 3.05) is 25.2 Å². The Morgan fingerprint density at radius 3 is 2.33 bits per heavy atom. The highest BCUT2D eigenvalue weighted by atomic mass is 32.1. The molecule has 0 aliphatic rings. The number of hydrogen-bond acceptors (Lipinski definition) is 5. The van der Waals surface area contributed by atoms with E-state index in [0.717, 1.165) is 41.4 Å². The van der Waals surface area contributed by atoms with Crippen LogP contribution in [0, 0.1) is 0 Å². The Morgan fingerprint density at radius 1 is 1.33 bits per heavy atom. The molecule has 0 unspecified atom stereocenters. The molecular weight excluding hydrogens is 284 g/mol. The van der Waals surface area contributed by atoms with Crippen molar-refractivity contribution >= 4 is 22.8 Å². The van der Waals surface area contributed by atoms with E-state index in [1.807, 2.05) is 0 Å². The van der Waals surface area contributed by atoms with Crippen LogP contribution in [0.25, 0.3) is 0 Å². The van der Waals surface area contributed by atoms with Crippen LogP contribution in [0.15, 0.2) is 0 Å². The van der Waals surface area contributed by atoms with Crippen LogP contribution >= 0.6 is 11.3 Å². The largest absolute Gasteiger partial charge is 0.383 e. The van der Waals surface area contributed by atoms with Crippen molar-refractivity contribution in [3.63, 3.8) is 0 Å². The monoisotopic (exact) mass is 312 g/mol. The quantitative estimate of drug-likeness (QED) is 0.683. The highest BCUT2D eigenvalue weighted by Crippen LogP contribution is 2.34. The summed E-state index contributed by atoms with van der Waals surface area (Å²) in [7, 11) is 1.71. The zero-order valence-corrected chi connectivity index (χ0v) is 14.9. The maximum absolute atomic E-state index is 11.4. The molecule has 4 nitrogen and oxygen atoms in total. The maximum atomic E-state index is 11.4. The van der Waals surface area contributed by atoms with Crippen molar-refractivity contribution in [1.29, 1.82) is 0 Å². The van der Waals surface area contributed by atoms with E-state index in [9.17, 15) is 4.79 Å². The molecule has 1 heterocycles. The highest BCUT2D eigenvalue weighted by molar-refractivity contribution is 7.17. The van der Waals surface area contributed by atoms with Gasteiger partial charge in [0.25, 0.3) is 0 Å². The van der Waals surface area contributed by atoms with Crippen molar-refractivity contribution in [2.45, 2.75) is 58.9 Å². The van der Waals surface area contributed by atoms with Gasteiger partial charge in [0.2, 0.25) is 0 Å². The molecule has 21 heavy (non-hydrogen) atoms. The summed E-state index contributed by atoms with van der Waals surface area (Å²) in [6, 6.07) is 0.429. The summed E-state index contributed by atoms with van der Waals surface area (Å²) in [5, 5.41) is 0.938. The fourth-order valence-electron chi connectivity index (χ4n) is 2.41. The molecular formula is C16H28N2O2S. The van der Waals surface area contributed by atoms with Gasteiger partial charge in [0.05, 0.1) is 17.2 Å². The predicted molar refractivity (Wildman–Crippen MR) is 89.8 cm³/mol. The zero-order chi connectivity index (χ0) is 16.0. The number of aldehydes is 1. The fourth-order valence-corrected chi connectivity index (χ4v) is 3.60. The van der Waals surface area contributed by atoms with Crippen molar-refractivity contribution < 1.29 is 9.53 Å². The van der Waals surface area contributed by atoms with E-state index in [1.165, 1.54) is 11.3 Å². The second-order valence-electron chi connectivity index (χ2n) is 6.23. The Balaban J connectivity index is 3.18. The van der Waals surface area contributed by atoms with Gasteiger partial charge in [0, 0.05) is 25.1 Å². The lowest BCUT2D eigenvalue weighted by Gasteiger charge is -2.30. The average Bonchev–Trinajstić information content (AvgIpc) is 2.87. The fraction of sp³-hybridized carbons (Fsp3) is 0.750. The van der Waals surface area contributed by atoms with Crippen LogP contribution in [0.2, 0.25) is 0 Å². The van der Waals surface area contributed by atoms with Gasteiger partial charge in [-0.05, 0) is 12.8 Å². The summed E-state index contributed by atoms with van der Waals surface area (Å²) in [6.07, 6.45) is 3.05. The van der Waals surface area contributed by atoms with Crippen LogP contribution in [0.4, 0.5) is 5.13 Å². The molecule has 5 heteroatoms. The van der Waals surface area contributed by atoms with Crippen molar-refractivity contribution in [3.05, 3.63) is 10.6 Å². The minimum Gasteiger partial charge on any atom is -0.383 e. The number of hydrogen-bond donors (Lipinski definition) is 0. The van der Waals surface area contributed by atoms with Gasteiger partial charge >= 0.3 is 0 Å². The molecule has 0 fully saturated rings. The SMILES string of the molecule is CCC(CC)N(CCOC)c1nc(C(C)(C)C)c(C=O)s1. The first-order valence-corrected chi connectivity index (χ1v) is 8.42. The summed E-state index contributed by atoms with van der Waals surface area (Å²) in [4.78, 5) is 19.2. The van der Waals surface area contributed by atoms with Gasteiger partial charge in [-0.1, -0.05) is 46.0 Å². The number of anilines is 1. The number of nitrogens with zero attached hydrogens (tertiary/aromatic N) is 2. The Labute approximate surface area is 132 Å². The summed E-state index contributed by atoms with van der Waals surface area (Å²) < 4.78 is 5.23. The molecule has 1 aromatic rings. The van der Waals surface area contributed by atoms with Gasteiger partial charge in [0.15, 0.2) is 11.4 Å². The number of carbonyl (C=O) groups excluding carboxylic acids is 1. The van der Waals surface area contributed by atoms with E-state index in [2.05, 4.69) is 39.5 Å². The van der Waals surface area contributed by atoms with Crippen molar-refractivity contribution in [3.8, 4) is 0 Å². The lowest BCUT2D eigenvalue weighted by molar-refractivity contribution is 0.112. The van der Waals surface area contributed by atoms with Crippen LogP contribution in [0.5, 0.6) is 0 Å². The molecule has 120 valence electrons.